The summed E-state index contributed by atoms with van der Waals surface area (Å²) in [6.45, 7) is 0. The van der Waals surface area contributed by atoms with Gasteiger partial charge >= 0.3 is 0 Å². The number of aromatic nitrogens is 1. The quantitative estimate of drug-likeness (QED) is 0.405. The van der Waals surface area contributed by atoms with Crippen LogP contribution in [0.4, 0.5) is 5.69 Å². The van der Waals surface area contributed by atoms with Gasteiger partial charge in [0, 0.05) is 23.3 Å². The Morgan fingerprint density at radius 3 is 2.43 bits per heavy atom. The maximum absolute atomic E-state index is 11.6. The highest BCUT2D eigenvalue weighted by Crippen LogP contribution is 2.31. The normalized spacial score (nSPS) is 10.5. The summed E-state index contributed by atoms with van der Waals surface area (Å²) in [5.41, 5.74) is 1.12. The van der Waals surface area contributed by atoms with Crippen LogP contribution in [-0.4, -0.2) is 15.1 Å². The van der Waals surface area contributed by atoms with E-state index < -0.39 is 10.2 Å². The van der Waals surface area contributed by atoms with Gasteiger partial charge < -0.3 is 4.42 Å². The molecule has 1 aromatic heterocycles. The van der Waals surface area contributed by atoms with Crippen molar-refractivity contribution in [1.29, 1.82) is 0 Å². The molecule has 2 aromatic carbocycles. The van der Waals surface area contributed by atoms with Crippen LogP contribution >= 0.6 is 11.6 Å². The van der Waals surface area contributed by atoms with Gasteiger partial charge in [0.05, 0.1) is 4.92 Å². The molecule has 0 aliphatic carbocycles. The molecule has 0 radical (unpaired) electrons. The predicted molar refractivity (Wildman–Crippen MR) is 84.2 cm³/mol. The van der Waals surface area contributed by atoms with Crippen LogP contribution in [0.1, 0.15) is 10.6 Å². The Kier molecular flexibility index (Phi) is 3.91. The Bertz CT molecular complexity index is 890. The molecule has 0 unspecified atom stereocenters. The highest BCUT2D eigenvalue weighted by Gasteiger charge is 2.22. The van der Waals surface area contributed by atoms with Gasteiger partial charge in [-0.25, -0.2) is 4.98 Å². The van der Waals surface area contributed by atoms with E-state index in [2.05, 4.69) is 4.98 Å². The van der Waals surface area contributed by atoms with Gasteiger partial charge in [0.15, 0.2) is 0 Å². The van der Waals surface area contributed by atoms with Gasteiger partial charge in [0.2, 0.25) is 11.7 Å². The van der Waals surface area contributed by atoms with E-state index >= 15 is 0 Å². The first-order chi connectivity index (χ1) is 11.1. The molecule has 7 heteroatoms. The minimum atomic E-state index is -0.818. The molecule has 3 rings (SSSR count). The number of hydrogen-bond donors (Lipinski definition) is 0. The lowest BCUT2D eigenvalue weighted by Crippen LogP contribution is -1.92. The molecule has 0 aliphatic heterocycles. The van der Waals surface area contributed by atoms with Crippen LogP contribution in [0.25, 0.3) is 22.7 Å². The van der Waals surface area contributed by atoms with Crippen molar-refractivity contribution < 1.29 is 14.1 Å². The summed E-state index contributed by atoms with van der Waals surface area (Å²) in [6, 6.07) is 14.7. The third-order valence-electron chi connectivity index (χ3n) is 3.16. The Hall–Kier alpha value is -2.99. The second-order valence-corrected chi connectivity index (χ2v) is 4.99. The molecular weight excluding hydrogens is 320 g/mol. The molecule has 0 spiro atoms. The topological polar surface area (TPSA) is 86.2 Å². The summed E-state index contributed by atoms with van der Waals surface area (Å²) >= 11 is 5.55. The molecule has 0 amide bonds. The molecule has 0 bridgehead atoms. The molecule has 1 heterocycles. The molecule has 23 heavy (non-hydrogen) atoms. The standard InChI is InChI=1S/C16H9ClN2O4/c17-15(20)14-13(11-7-4-8-12(9-11)19(21)22)18-16(23-14)10-5-2-1-3-6-10/h1-9H. The predicted octanol–water partition coefficient (Wildman–Crippen LogP) is 4.30. The fourth-order valence-electron chi connectivity index (χ4n) is 2.12. The van der Waals surface area contributed by atoms with Crippen molar-refractivity contribution in [2.45, 2.75) is 0 Å². The van der Waals surface area contributed by atoms with E-state index in [9.17, 15) is 14.9 Å². The number of carbonyl (C=O) groups excluding carboxylic acids is 1. The highest BCUT2D eigenvalue weighted by atomic mass is 35.5. The lowest BCUT2D eigenvalue weighted by molar-refractivity contribution is -0.384. The SMILES string of the molecule is O=C(Cl)c1oc(-c2ccccc2)nc1-c1cccc([N+](=O)[O-])c1. The zero-order valence-corrected chi connectivity index (χ0v) is 12.4. The maximum atomic E-state index is 11.6. The monoisotopic (exact) mass is 328 g/mol. The van der Waals surface area contributed by atoms with Crippen LogP contribution in [0, 0.1) is 10.1 Å². The summed E-state index contributed by atoms with van der Waals surface area (Å²) in [4.78, 5) is 26.3. The van der Waals surface area contributed by atoms with Crippen LogP contribution in [0.15, 0.2) is 59.0 Å². The number of hydrogen-bond acceptors (Lipinski definition) is 5. The van der Waals surface area contributed by atoms with Gasteiger partial charge in [-0.1, -0.05) is 30.3 Å². The van der Waals surface area contributed by atoms with Gasteiger partial charge in [0.1, 0.15) is 5.69 Å². The lowest BCUT2D eigenvalue weighted by atomic mass is 10.1. The molecule has 0 N–H and O–H groups in total. The number of rotatable bonds is 4. The van der Waals surface area contributed by atoms with Gasteiger partial charge in [0.25, 0.3) is 10.9 Å². The van der Waals surface area contributed by atoms with Crippen LogP contribution < -0.4 is 0 Å². The second-order valence-electron chi connectivity index (χ2n) is 4.64. The van der Waals surface area contributed by atoms with Crippen LogP contribution in [-0.2, 0) is 0 Å². The van der Waals surface area contributed by atoms with E-state index in [0.717, 1.165) is 0 Å². The summed E-state index contributed by atoms with van der Waals surface area (Å²) in [5, 5.41) is 10.1. The fraction of sp³-hybridized carbons (Fsp3) is 0. The Labute approximate surface area is 135 Å². The first-order valence-corrected chi connectivity index (χ1v) is 6.95. The van der Waals surface area contributed by atoms with Gasteiger partial charge in [-0.2, -0.15) is 0 Å². The van der Waals surface area contributed by atoms with Gasteiger partial charge in [-0.15, -0.1) is 0 Å². The van der Waals surface area contributed by atoms with Crippen molar-refractivity contribution in [2.24, 2.45) is 0 Å². The number of carbonyl (C=O) groups is 1. The van der Waals surface area contributed by atoms with Crippen molar-refractivity contribution in [3.63, 3.8) is 0 Å². The van der Waals surface area contributed by atoms with Crippen molar-refractivity contribution in [1.82, 2.24) is 4.98 Å². The molecule has 0 atom stereocenters. The zero-order chi connectivity index (χ0) is 16.4. The van der Waals surface area contributed by atoms with E-state index in [1.165, 1.54) is 18.2 Å². The van der Waals surface area contributed by atoms with Gasteiger partial charge in [-0.05, 0) is 23.7 Å². The van der Waals surface area contributed by atoms with Crippen molar-refractivity contribution in [2.75, 3.05) is 0 Å². The summed E-state index contributed by atoms with van der Waals surface area (Å²) < 4.78 is 5.45. The number of nitro benzene ring substituents is 1. The maximum Gasteiger partial charge on any atom is 0.290 e. The summed E-state index contributed by atoms with van der Waals surface area (Å²) in [7, 11) is 0. The Balaban J connectivity index is 2.15. The molecule has 0 saturated carbocycles. The van der Waals surface area contributed by atoms with Crippen LogP contribution in [0.5, 0.6) is 0 Å². The smallest absolute Gasteiger partial charge is 0.290 e. The lowest BCUT2D eigenvalue weighted by Gasteiger charge is -1.97. The van der Waals surface area contributed by atoms with E-state index in [-0.39, 0.29) is 23.0 Å². The molecular formula is C16H9ClN2O4. The molecule has 3 aromatic rings. The first kappa shape index (κ1) is 14.9. The van der Waals surface area contributed by atoms with E-state index in [1.54, 1.807) is 30.3 Å². The number of nitrogens with zero attached hydrogens (tertiary/aromatic N) is 2. The molecule has 0 fully saturated rings. The number of halogens is 1. The molecule has 114 valence electrons. The minimum Gasteiger partial charge on any atom is -0.431 e. The van der Waals surface area contributed by atoms with E-state index in [1.807, 2.05) is 6.07 Å². The molecule has 0 saturated heterocycles. The number of oxazole rings is 1. The van der Waals surface area contributed by atoms with E-state index in [4.69, 9.17) is 16.0 Å². The third kappa shape index (κ3) is 2.97. The number of non-ortho nitro benzene ring substituents is 1. The highest BCUT2D eigenvalue weighted by molar-refractivity contribution is 6.67. The Morgan fingerprint density at radius 2 is 1.78 bits per heavy atom. The molecule has 6 nitrogen and oxygen atoms in total. The fourth-order valence-corrected chi connectivity index (χ4v) is 2.25. The van der Waals surface area contributed by atoms with E-state index in [0.29, 0.717) is 11.1 Å². The van der Waals surface area contributed by atoms with Crippen molar-refractivity contribution in [3.8, 4) is 22.7 Å². The van der Waals surface area contributed by atoms with Crippen LogP contribution in [0.3, 0.4) is 0 Å². The second kappa shape index (κ2) is 6.02. The minimum absolute atomic E-state index is 0.111. The van der Waals surface area contributed by atoms with Crippen LogP contribution in [0.2, 0.25) is 0 Å². The number of nitro groups is 1. The molecule has 0 aliphatic rings. The average molecular weight is 329 g/mol. The average Bonchev–Trinajstić information content (AvgIpc) is 3.01. The first-order valence-electron chi connectivity index (χ1n) is 6.57. The Morgan fingerprint density at radius 1 is 1.09 bits per heavy atom. The van der Waals surface area contributed by atoms with Crippen molar-refractivity contribution >= 4 is 22.5 Å². The summed E-state index contributed by atoms with van der Waals surface area (Å²) in [5.74, 6) is 0.0714. The number of benzene rings is 2. The largest absolute Gasteiger partial charge is 0.431 e. The third-order valence-corrected chi connectivity index (χ3v) is 3.33. The summed E-state index contributed by atoms with van der Waals surface area (Å²) in [6.07, 6.45) is 0. The zero-order valence-electron chi connectivity index (χ0n) is 11.6. The van der Waals surface area contributed by atoms with Gasteiger partial charge in [-0.3, -0.25) is 14.9 Å². The van der Waals surface area contributed by atoms with Crippen molar-refractivity contribution in [3.05, 3.63) is 70.5 Å².